The molecule has 10 heteroatoms. The number of fused-ring (bicyclic) bond motifs is 4. The number of benzene rings is 2. The van der Waals surface area contributed by atoms with Gasteiger partial charge in [0, 0.05) is 51.2 Å². The van der Waals surface area contributed by atoms with Crippen molar-refractivity contribution >= 4 is 27.5 Å². The van der Waals surface area contributed by atoms with Crippen LogP contribution in [0.15, 0.2) is 42.6 Å². The molecule has 2 aliphatic heterocycles. The Hall–Kier alpha value is -3.60. The first-order valence-electron chi connectivity index (χ1n) is 12.3. The third-order valence-corrected chi connectivity index (χ3v) is 7.14. The minimum atomic E-state index is -0.616. The fourth-order valence-electron chi connectivity index (χ4n) is 5.35. The maximum absolute atomic E-state index is 16.3. The van der Waals surface area contributed by atoms with Crippen molar-refractivity contribution in [1.29, 1.82) is 0 Å². The smallest absolute Gasteiger partial charge is 0.319 e. The van der Waals surface area contributed by atoms with Crippen LogP contribution in [0.5, 0.6) is 11.8 Å². The van der Waals surface area contributed by atoms with E-state index in [1.165, 1.54) is 20.3 Å². The zero-order valence-electron chi connectivity index (χ0n) is 20.6. The lowest BCUT2D eigenvalue weighted by Crippen LogP contribution is -2.51. The van der Waals surface area contributed by atoms with Crippen LogP contribution in [0, 0.1) is 5.82 Å². The van der Waals surface area contributed by atoms with Crippen LogP contribution in [0.3, 0.4) is 0 Å². The summed E-state index contributed by atoms with van der Waals surface area (Å²) in [7, 11) is 3.02. The van der Waals surface area contributed by atoms with Crippen molar-refractivity contribution < 1.29 is 23.7 Å². The molecule has 192 valence electrons. The largest absolute Gasteiger partial charge is 0.508 e. The first-order chi connectivity index (χ1) is 18.0. The molecule has 2 bridgehead atoms. The van der Waals surface area contributed by atoms with E-state index >= 15 is 4.39 Å². The van der Waals surface area contributed by atoms with E-state index < -0.39 is 12.1 Å². The number of ether oxygens (including phenoxy) is 3. The first kappa shape index (κ1) is 23.8. The standard InChI is InChI=1S/C27H28FN5O4/c1-35-22(36-2)14-37-27-31-25-21(26(32-27)33-12-16-7-8-17(13-33)30-16)11-29-24(23(25)28)20-10-18(34)9-15-5-3-4-6-19(15)20/h3-6,9-11,16-17,22,30,34H,7-8,12-14H2,1-2H3. The van der Waals surface area contributed by atoms with Crippen LogP contribution in [0.25, 0.3) is 32.9 Å². The summed E-state index contributed by atoms with van der Waals surface area (Å²) in [4.78, 5) is 15.8. The van der Waals surface area contributed by atoms with Gasteiger partial charge in [0.05, 0.1) is 5.39 Å². The molecule has 2 saturated heterocycles. The molecule has 0 spiro atoms. The van der Waals surface area contributed by atoms with Crippen molar-refractivity contribution in [3.63, 3.8) is 0 Å². The third kappa shape index (κ3) is 4.41. The van der Waals surface area contributed by atoms with Gasteiger partial charge in [-0.05, 0) is 35.7 Å². The van der Waals surface area contributed by atoms with Gasteiger partial charge in [0.25, 0.3) is 0 Å². The Morgan fingerprint density at radius 1 is 1.08 bits per heavy atom. The van der Waals surface area contributed by atoms with Crippen molar-refractivity contribution in [2.45, 2.75) is 31.2 Å². The summed E-state index contributed by atoms with van der Waals surface area (Å²) in [5, 5.41) is 16.0. The van der Waals surface area contributed by atoms with Crippen molar-refractivity contribution in [3.8, 4) is 23.0 Å². The Bertz CT molecular complexity index is 1450. The van der Waals surface area contributed by atoms with E-state index in [4.69, 9.17) is 14.2 Å². The van der Waals surface area contributed by atoms with Gasteiger partial charge in [-0.15, -0.1) is 0 Å². The van der Waals surface area contributed by atoms with Crippen LogP contribution in [0.4, 0.5) is 10.2 Å². The van der Waals surface area contributed by atoms with Crippen molar-refractivity contribution in [2.75, 3.05) is 38.8 Å². The highest BCUT2D eigenvalue weighted by Crippen LogP contribution is 2.37. The highest BCUT2D eigenvalue weighted by Gasteiger charge is 2.34. The van der Waals surface area contributed by atoms with Gasteiger partial charge >= 0.3 is 6.01 Å². The molecule has 6 rings (SSSR count). The maximum Gasteiger partial charge on any atom is 0.319 e. The van der Waals surface area contributed by atoms with Gasteiger partial charge < -0.3 is 29.5 Å². The van der Waals surface area contributed by atoms with Gasteiger partial charge in [-0.3, -0.25) is 4.98 Å². The number of anilines is 1. The molecule has 2 unspecified atom stereocenters. The van der Waals surface area contributed by atoms with Crippen LogP contribution in [0.2, 0.25) is 0 Å². The average molecular weight is 506 g/mol. The lowest BCUT2D eigenvalue weighted by atomic mass is 10.0. The summed E-state index contributed by atoms with van der Waals surface area (Å²) in [5.74, 6) is 0.0160. The van der Waals surface area contributed by atoms with Crippen molar-refractivity contribution in [3.05, 3.63) is 48.4 Å². The molecule has 2 atom stereocenters. The van der Waals surface area contributed by atoms with E-state index in [-0.39, 0.29) is 29.6 Å². The molecule has 4 aromatic rings. The monoisotopic (exact) mass is 505 g/mol. The quantitative estimate of drug-likeness (QED) is 0.365. The van der Waals surface area contributed by atoms with E-state index in [1.54, 1.807) is 12.3 Å². The topological polar surface area (TPSA) is 102 Å². The fraction of sp³-hybridized carbons (Fsp3) is 0.370. The van der Waals surface area contributed by atoms with E-state index in [9.17, 15) is 5.11 Å². The summed E-state index contributed by atoms with van der Waals surface area (Å²) >= 11 is 0. The SMILES string of the molecule is COC(COc1nc(N2CC3CCC(C2)N3)c2cnc(-c3cc(O)cc4ccccc34)c(F)c2n1)OC. The second kappa shape index (κ2) is 9.70. The minimum absolute atomic E-state index is 0.0314. The van der Waals surface area contributed by atoms with Crippen LogP contribution < -0.4 is 15.0 Å². The third-order valence-electron chi connectivity index (χ3n) is 7.14. The number of phenols is 1. The molecule has 0 amide bonds. The van der Waals surface area contributed by atoms with Gasteiger partial charge in [0.2, 0.25) is 0 Å². The molecule has 37 heavy (non-hydrogen) atoms. The number of phenolic OH excluding ortho intramolecular Hbond substituents is 1. The number of hydrogen-bond acceptors (Lipinski definition) is 9. The molecule has 2 fully saturated rings. The molecule has 0 aliphatic carbocycles. The molecule has 9 nitrogen and oxygen atoms in total. The number of nitrogens with one attached hydrogen (secondary N) is 1. The van der Waals surface area contributed by atoms with E-state index in [0.717, 1.165) is 36.7 Å². The molecular weight excluding hydrogens is 477 g/mol. The van der Waals surface area contributed by atoms with Crippen molar-refractivity contribution in [2.24, 2.45) is 0 Å². The average Bonchev–Trinajstić information content (AvgIpc) is 3.26. The minimum Gasteiger partial charge on any atom is -0.508 e. The van der Waals surface area contributed by atoms with Gasteiger partial charge in [0.1, 0.15) is 29.4 Å². The lowest BCUT2D eigenvalue weighted by Gasteiger charge is -2.34. The second-order valence-corrected chi connectivity index (χ2v) is 9.48. The van der Waals surface area contributed by atoms with Crippen LogP contribution in [-0.4, -0.2) is 72.3 Å². The number of nitrogens with zero attached hydrogens (tertiary/aromatic N) is 4. The number of piperazine rings is 1. The Morgan fingerprint density at radius 2 is 1.84 bits per heavy atom. The van der Waals surface area contributed by atoms with Crippen LogP contribution in [0.1, 0.15) is 12.8 Å². The van der Waals surface area contributed by atoms with Gasteiger partial charge in [-0.2, -0.15) is 9.97 Å². The molecule has 2 aromatic carbocycles. The molecule has 4 heterocycles. The zero-order valence-corrected chi connectivity index (χ0v) is 20.6. The second-order valence-electron chi connectivity index (χ2n) is 9.48. The Labute approximate surface area is 213 Å². The number of aromatic hydroxyl groups is 1. The van der Waals surface area contributed by atoms with Crippen LogP contribution in [-0.2, 0) is 9.47 Å². The van der Waals surface area contributed by atoms with Crippen molar-refractivity contribution in [1.82, 2.24) is 20.3 Å². The summed E-state index contributed by atoms with van der Waals surface area (Å²) in [6, 6.07) is 11.4. The Balaban J connectivity index is 1.50. The number of halogens is 1. The predicted molar refractivity (Wildman–Crippen MR) is 137 cm³/mol. The summed E-state index contributed by atoms with van der Waals surface area (Å²) in [6.45, 7) is 1.55. The molecular formula is C27H28FN5O4. The highest BCUT2D eigenvalue weighted by atomic mass is 19.1. The highest BCUT2D eigenvalue weighted by molar-refractivity contribution is 5.99. The summed E-state index contributed by atoms with van der Waals surface area (Å²) in [6.07, 6.45) is 3.19. The number of rotatable bonds is 7. The van der Waals surface area contributed by atoms with Gasteiger partial charge in [0.15, 0.2) is 12.1 Å². The van der Waals surface area contributed by atoms with E-state index in [0.29, 0.717) is 28.9 Å². The lowest BCUT2D eigenvalue weighted by molar-refractivity contribution is -0.123. The van der Waals surface area contributed by atoms with Gasteiger partial charge in [-0.25, -0.2) is 4.39 Å². The Kier molecular flexibility index (Phi) is 6.23. The van der Waals surface area contributed by atoms with Crippen LogP contribution >= 0.6 is 0 Å². The molecule has 2 N–H and O–H groups in total. The zero-order chi connectivity index (χ0) is 25.5. The molecule has 0 radical (unpaired) electrons. The number of methoxy groups -OCH3 is 2. The normalized spacial score (nSPS) is 19.3. The predicted octanol–water partition coefficient (Wildman–Crippen LogP) is 3.63. The molecule has 2 aliphatic rings. The maximum atomic E-state index is 16.3. The molecule has 2 aromatic heterocycles. The summed E-state index contributed by atoms with van der Waals surface area (Å²) in [5.41, 5.74) is 0.689. The van der Waals surface area contributed by atoms with E-state index in [2.05, 4.69) is 25.2 Å². The number of pyridine rings is 1. The fourth-order valence-corrected chi connectivity index (χ4v) is 5.35. The Morgan fingerprint density at radius 3 is 2.59 bits per heavy atom. The van der Waals surface area contributed by atoms with Gasteiger partial charge in [-0.1, -0.05) is 24.3 Å². The number of aromatic nitrogens is 3. The first-order valence-corrected chi connectivity index (χ1v) is 12.3. The summed E-state index contributed by atoms with van der Waals surface area (Å²) < 4.78 is 32.5. The molecule has 0 saturated carbocycles. The van der Waals surface area contributed by atoms with E-state index in [1.807, 2.05) is 24.3 Å². The number of hydrogen-bond donors (Lipinski definition) is 2.